The van der Waals surface area contributed by atoms with Crippen LogP contribution in [0.5, 0.6) is 5.75 Å². The van der Waals surface area contributed by atoms with E-state index in [1.54, 1.807) is 12.1 Å². The number of benzene rings is 1. The maximum absolute atomic E-state index is 11.5. The molecule has 1 aromatic rings. The van der Waals surface area contributed by atoms with Crippen molar-refractivity contribution in [3.63, 3.8) is 0 Å². The van der Waals surface area contributed by atoms with Gasteiger partial charge in [0.15, 0.2) is 0 Å². The Bertz CT molecular complexity index is 543. The third kappa shape index (κ3) is 4.34. The van der Waals surface area contributed by atoms with Gasteiger partial charge in [0.1, 0.15) is 10.6 Å². The highest BCUT2D eigenvalue weighted by atomic mass is 35.5. The molecule has 1 aliphatic heterocycles. The summed E-state index contributed by atoms with van der Waals surface area (Å²) < 4.78 is 28.1. The Kier molecular flexibility index (Phi) is 6.26. The molecule has 0 atom stereocenters. The van der Waals surface area contributed by atoms with Gasteiger partial charge < -0.3 is 10.1 Å². The molecule has 2 rings (SSSR count). The number of nitrogens with one attached hydrogen (secondary N) is 1. The minimum Gasteiger partial charge on any atom is -0.495 e. The number of methoxy groups -OCH3 is 1. The first-order chi connectivity index (χ1) is 9.00. The zero-order chi connectivity index (χ0) is 13.9. The Morgan fingerprint density at radius 2 is 2.00 bits per heavy atom. The lowest BCUT2D eigenvalue weighted by Crippen LogP contribution is -2.28. The molecule has 114 valence electrons. The SMILES string of the molecule is COc1ccc(CC2CCNCC2)cc1S(N)(=O)=O.Cl. The van der Waals surface area contributed by atoms with E-state index >= 15 is 0 Å². The van der Waals surface area contributed by atoms with Crippen molar-refractivity contribution in [3.05, 3.63) is 23.8 Å². The van der Waals surface area contributed by atoms with Gasteiger partial charge in [-0.15, -0.1) is 12.4 Å². The van der Waals surface area contributed by atoms with Crippen molar-refractivity contribution < 1.29 is 13.2 Å². The van der Waals surface area contributed by atoms with E-state index in [9.17, 15) is 8.42 Å². The van der Waals surface area contributed by atoms with Crippen molar-refractivity contribution >= 4 is 22.4 Å². The lowest BCUT2D eigenvalue weighted by Gasteiger charge is -2.22. The highest BCUT2D eigenvalue weighted by Gasteiger charge is 2.18. The Hall–Kier alpha value is -0.820. The van der Waals surface area contributed by atoms with E-state index in [0.29, 0.717) is 11.7 Å². The molecular weight excluding hydrogens is 300 g/mol. The smallest absolute Gasteiger partial charge is 0.241 e. The van der Waals surface area contributed by atoms with Gasteiger partial charge in [0.25, 0.3) is 0 Å². The molecule has 0 bridgehead atoms. The number of nitrogens with two attached hydrogens (primary N) is 1. The van der Waals surface area contributed by atoms with Crippen LogP contribution in [0.1, 0.15) is 18.4 Å². The molecule has 1 aromatic carbocycles. The van der Waals surface area contributed by atoms with Crippen molar-refractivity contribution in [1.82, 2.24) is 5.32 Å². The van der Waals surface area contributed by atoms with Crippen LogP contribution in [0.2, 0.25) is 0 Å². The van der Waals surface area contributed by atoms with Crippen molar-refractivity contribution in [1.29, 1.82) is 0 Å². The predicted molar refractivity (Wildman–Crippen MR) is 80.9 cm³/mol. The monoisotopic (exact) mass is 320 g/mol. The van der Waals surface area contributed by atoms with Gasteiger partial charge >= 0.3 is 0 Å². The fourth-order valence-electron chi connectivity index (χ4n) is 2.49. The largest absolute Gasteiger partial charge is 0.495 e. The molecule has 1 fully saturated rings. The van der Waals surface area contributed by atoms with Crippen LogP contribution in [0.3, 0.4) is 0 Å². The number of rotatable bonds is 4. The first-order valence-electron chi connectivity index (χ1n) is 6.41. The summed E-state index contributed by atoms with van der Waals surface area (Å²) in [6, 6.07) is 5.22. The van der Waals surface area contributed by atoms with Crippen LogP contribution in [-0.2, 0) is 16.4 Å². The maximum Gasteiger partial charge on any atom is 0.241 e. The third-order valence-corrected chi connectivity index (χ3v) is 4.45. The topological polar surface area (TPSA) is 81.4 Å². The van der Waals surface area contributed by atoms with Crippen molar-refractivity contribution in [2.24, 2.45) is 11.1 Å². The Morgan fingerprint density at radius 1 is 1.35 bits per heavy atom. The number of sulfonamides is 1. The summed E-state index contributed by atoms with van der Waals surface area (Å²) in [7, 11) is -2.31. The molecule has 20 heavy (non-hydrogen) atoms. The van der Waals surface area contributed by atoms with Crippen LogP contribution >= 0.6 is 12.4 Å². The Labute approximate surface area is 126 Å². The molecule has 3 N–H and O–H groups in total. The molecule has 0 radical (unpaired) electrons. The van der Waals surface area contributed by atoms with Crippen molar-refractivity contribution in [3.8, 4) is 5.75 Å². The van der Waals surface area contributed by atoms with E-state index < -0.39 is 10.0 Å². The number of hydrogen-bond donors (Lipinski definition) is 2. The second-order valence-electron chi connectivity index (χ2n) is 4.93. The van der Waals surface area contributed by atoms with Gasteiger partial charge in [0.05, 0.1) is 7.11 Å². The summed E-state index contributed by atoms with van der Waals surface area (Å²) in [5.41, 5.74) is 0.997. The average Bonchev–Trinajstić information content (AvgIpc) is 2.39. The highest BCUT2D eigenvalue weighted by Crippen LogP contribution is 2.26. The molecule has 0 amide bonds. The normalized spacial score (nSPS) is 16.5. The van der Waals surface area contributed by atoms with Crippen LogP contribution in [0.4, 0.5) is 0 Å². The van der Waals surface area contributed by atoms with Crippen molar-refractivity contribution in [2.45, 2.75) is 24.2 Å². The number of hydrogen-bond acceptors (Lipinski definition) is 4. The molecular formula is C13H21ClN2O3S. The number of ether oxygens (including phenoxy) is 1. The van der Waals surface area contributed by atoms with Gasteiger partial charge in [-0.05, 0) is 56.0 Å². The quantitative estimate of drug-likeness (QED) is 0.876. The van der Waals surface area contributed by atoms with E-state index in [0.717, 1.165) is 37.9 Å². The molecule has 0 spiro atoms. The molecule has 1 heterocycles. The van der Waals surface area contributed by atoms with Gasteiger partial charge in [-0.1, -0.05) is 6.07 Å². The summed E-state index contributed by atoms with van der Waals surface area (Å²) >= 11 is 0. The van der Waals surface area contributed by atoms with Gasteiger partial charge in [-0.2, -0.15) is 0 Å². The first kappa shape index (κ1) is 17.2. The van der Waals surface area contributed by atoms with Gasteiger partial charge in [0.2, 0.25) is 10.0 Å². The third-order valence-electron chi connectivity index (χ3n) is 3.52. The minimum atomic E-state index is -3.75. The van der Waals surface area contributed by atoms with Crippen LogP contribution in [0.25, 0.3) is 0 Å². The molecule has 0 unspecified atom stereocenters. The number of piperidine rings is 1. The molecule has 1 aliphatic rings. The van der Waals surface area contributed by atoms with Gasteiger partial charge in [-0.3, -0.25) is 0 Å². The summed E-state index contributed by atoms with van der Waals surface area (Å²) in [5.74, 6) is 0.902. The van der Waals surface area contributed by atoms with Gasteiger partial charge in [-0.25, -0.2) is 13.6 Å². The van der Waals surface area contributed by atoms with Crippen molar-refractivity contribution in [2.75, 3.05) is 20.2 Å². The number of halogens is 1. The predicted octanol–water partition coefficient (Wildman–Crippen LogP) is 1.31. The minimum absolute atomic E-state index is 0. The fourth-order valence-corrected chi connectivity index (χ4v) is 3.24. The molecule has 0 aromatic heterocycles. The summed E-state index contributed by atoms with van der Waals surface area (Å²) in [5, 5.41) is 8.54. The van der Waals surface area contributed by atoms with Crippen LogP contribution < -0.4 is 15.2 Å². The highest BCUT2D eigenvalue weighted by molar-refractivity contribution is 7.89. The summed E-state index contributed by atoms with van der Waals surface area (Å²) in [6.45, 7) is 2.06. The van der Waals surface area contributed by atoms with E-state index in [4.69, 9.17) is 9.88 Å². The van der Waals surface area contributed by atoms with E-state index in [1.165, 1.54) is 7.11 Å². The second-order valence-corrected chi connectivity index (χ2v) is 6.46. The van der Waals surface area contributed by atoms with Gasteiger partial charge in [0, 0.05) is 0 Å². The van der Waals surface area contributed by atoms with Crippen LogP contribution in [0, 0.1) is 5.92 Å². The Morgan fingerprint density at radius 3 is 2.55 bits per heavy atom. The van der Waals surface area contributed by atoms with Crippen LogP contribution in [-0.4, -0.2) is 28.6 Å². The zero-order valence-corrected chi connectivity index (χ0v) is 13.1. The van der Waals surface area contributed by atoms with Crippen LogP contribution in [0.15, 0.2) is 23.1 Å². The lowest BCUT2D eigenvalue weighted by molar-refractivity contribution is 0.371. The lowest BCUT2D eigenvalue weighted by atomic mass is 9.91. The first-order valence-corrected chi connectivity index (χ1v) is 7.96. The van der Waals surface area contributed by atoms with E-state index in [1.807, 2.05) is 6.07 Å². The molecule has 1 saturated heterocycles. The van der Waals surface area contributed by atoms with E-state index in [-0.39, 0.29) is 17.3 Å². The molecule has 5 nitrogen and oxygen atoms in total. The standard InChI is InChI=1S/C13H20N2O3S.ClH/c1-18-12-3-2-11(9-13(12)19(14,16)17)8-10-4-6-15-7-5-10;/h2-3,9-10,15H,4-8H2,1H3,(H2,14,16,17);1H. The molecule has 0 saturated carbocycles. The second kappa shape index (κ2) is 7.26. The maximum atomic E-state index is 11.5. The summed E-state index contributed by atoms with van der Waals surface area (Å²) in [4.78, 5) is 0.0708. The summed E-state index contributed by atoms with van der Waals surface area (Å²) in [6.07, 6.45) is 3.13. The molecule has 0 aliphatic carbocycles. The Balaban J connectivity index is 0.00000200. The fraction of sp³-hybridized carbons (Fsp3) is 0.538. The van der Waals surface area contributed by atoms with E-state index in [2.05, 4.69) is 5.32 Å². The average molecular weight is 321 g/mol. The number of primary sulfonamides is 1. The molecule has 7 heteroatoms. The zero-order valence-electron chi connectivity index (χ0n) is 11.5.